The number of halogens is 1. The van der Waals surface area contributed by atoms with Crippen molar-refractivity contribution in [3.63, 3.8) is 0 Å². The van der Waals surface area contributed by atoms with Crippen LogP contribution in [0.2, 0.25) is 0 Å². The number of aromatic nitrogens is 1. The van der Waals surface area contributed by atoms with Crippen LogP contribution in [0.1, 0.15) is 31.1 Å². The van der Waals surface area contributed by atoms with Gasteiger partial charge in [0.1, 0.15) is 11.6 Å². The van der Waals surface area contributed by atoms with Crippen LogP contribution in [-0.2, 0) is 0 Å². The molecule has 0 bridgehead atoms. The molecule has 0 unspecified atom stereocenters. The molecule has 1 aromatic carbocycles. The molecule has 0 saturated carbocycles. The Kier molecular flexibility index (Phi) is 2.99. The minimum Gasteiger partial charge on any atom is -0.384 e. The monoisotopic (exact) mass is 316 g/mol. The lowest BCUT2D eigenvalue weighted by molar-refractivity contribution is 0.0878. The van der Waals surface area contributed by atoms with Crippen molar-refractivity contribution in [3.8, 4) is 5.69 Å². The lowest BCUT2D eigenvalue weighted by Crippen LogP contribution is -2.24. The average Bonchev–Trinajstić information content (AvgIpc) is 2.73. The summed E-state index contributed by atoms with van der Waals surface area (Å²) in [6, 6.07) is 3.92. The van der Waals surface area contributed by atoms with E-state index >= 15 is 0 Å². The van der Waals surface area contributed by atoms with Crippen LogP contribution < -0.4 is 22.3 Å². The van der Waals surface area contributed by atoms with Gasteiger partial charge in [-0.05, 0) is 18.2 Å². The molecular formula is C14H9FN4O4. The normalized spacial score (nSPS) is 12.9. The smallest absolute Gasteiger partial charge is 0.262 e. The number of fused-ring (bicyclic) bond motifs is 1. The summed E-state index contributed by atoms with van der Waals surface area (Å²) in [6.45, 7) is 0. The highest BCUT2D eigenvalue weighted by atomic mass is 19.1. The van der Waals surface area contributed by atoms with Crippen molar-refractivity contribution >= 4 is 23.5 Å². The van der Waals surface area contributed by atoms with Gasteiger partial charge in [-0.3, -0.25) is 29.1 Å². The van der Waals surface area contributed by atoms with E-state index in [0.29, 0.717) is 0 Å². The summed E-state index contributed by atoms with van der Waals surface area (Å²) in [5.41, 5.74) is 9.56. The van der Waals surface area contributed by atoms with E-state index in [1.807, 2.05) is 5.32 Å². The largest absolute Gasteiger partial charge is 0.384 e. The molecular weight excluding hydrogens is 307 g/mol. The van der Waals surface area contributed by atoms with Crippen molar-refractivity contribution in [2.24, 2.45) is 5.73 Å². The second kappa shape index (κ2) is 4.77. The third-order valence-corrected chi connectivity index (χ3v) is 3.38. The van der Waals surface area contributed by atoms with Gasteiger partial charge in [-0.1, -0.05) is 0 Å². The predicted octanol–water partition coefficient (Wildman–Crippen LogP) is -0.459. The van der Waals surface area contributed by atoms with Gasteiger partial charge in [-0.25, -0.2) is 4.39 Å². The second-order valence-corrected chi connectivity index (χ2v) is 4.84. The minimum absolute atomic E-state index is 0.0868. The zero-order chi connectivity index (χ0) is 16.9. The molecule has 2 heterocycles. The quantitative estimate of drug-likeness (QED) is 0.644. The Morgan fingerprint density at radius 2 is 1.78 bits per heavy atom. The molecule has 1 aromatic heterocycles. The first-order valence-electron chi connectivity index (χ1n) is 6.31. The van der Waals surface area contributed by atoms with Gasteiger partial charge in [0.05, 0.1) is 16.8 Å². The summed E-state index contributed by atoms with van der Waals surface area (Å²) in [4.78, 5) is 46.7. The number of primary amides is 1. The zero-order valence-electron chi connectivity index (χ0n) is 11.4. The number of hydrogen-bond donors (Lipinski definition) is 3. The third kappa shape index (κ3) is 2.14. The molecule has 0 radical (unpaired) electrons. The molecule has 2 aromatic rings. The van der Waals surface area contributed by atoms with Crippen LogP contribution in [0.4, 0.5) is 10.2 Å². The maximum atomic E-state index is 13.7. The van der Waals surface area contributed by atoms with E-state index in [4.69, 9.17) is 11.5 Å². The average molecular weight is 316 g/mol. The Bertz CT molecular complexity index is 964. The first-order chi connectivity index (χ1) is 10.8. The van der Waals surface area contributed by atoms with Crippen LogP contribution in [0.15, 0.2) is 29.1 Å². The minimum atomic E-state index is -0.897. The first-order valence-corrected chi connectivity index (χ1v) is 6.31. The fourth-order valence-electron chi connectivity index (χ4n) is 2.39. The first kappa shape index (κ1) is 14.4. The number of imide groups is 1. The number of pyridine rings is 1. The zero-order valence-corrected chi connectivity index (χ0v) is 11.4. The second-order valence-electron chi connectivity index (χ2n) is 4.84. The van der Waals surface area contributed by atoms with Gasteiger partial charge in [-0.15, -0.1) is 0 Å². The van der Waals surface area contributed by atoms with Gasteiger partial charge >= 0.3 is 0 Å². The lowest BCUT2D eigenvalue weighted by atomic mass is 10.1. The van der Waals surface area contributed by atoms with Crippen molar-refractivity contribution in [1.82, 2.24) is 9.88 Å². The third-order valence-electron chi connectivity index (χ3n) is 3.38. The summed E-state index contributed by atoms with van der Waals surface area (Å²) < 4.78 is 14.5. The number of anilines is 1. The SMILES string of the molecule is NC(=O)c1cc(F)cc(-n2c(N)c3c(cc2=O)C(=O)NC3=O)c1. The number of nitrogens with two attached hydrogens (primary N) is 2. The van der Waals surface area contributed by atoms with E-state index in [-0.39, 0.29) is 28.2 Å². The van der Waals surface area contributed by atoms with Crippen molar-refractivity contribution in [1.29, 1.82) is 0 Å². The number of carbonyl (C=O) groups excluding carboxylic acids is 3. The molecule has 23 heavy (non-hydrogen) atoms. The van der Waals surface area contributed by atoms with Gasteiger partial charge in [0.2, 0.25) is 5.91 Å². The summed E-state index contributed by atoms with van der Waals surface area (Å²) in [5.74, 6) is -3.55. The van der Waals surface area contributed by atoms with Crippen LogP contribution in [0.25, 0.3) is 5.69 Å². The van der Waals surface area contributed by atoms with Gasteiger partial charge in [0, 0.05) is 11.6 Å². The summed E-state index contributed by atoms with van der Waals surface area (Å²) in [7, 11) is 0. The molecule has 0 aliphatic carbocycles. The standard InChI is InChI=1S/C14H9FN4O4/c15-6-1-5(12(17)21)2-7(3-6)19-9(20)4-8-10(11(19)16)14(23)18-13(8)22/h1-4H,16H2,(H2,17,21)(H,18,22,23). The van der Waals surface area contributed by atoms with Crippen LogP contribution in [0.5, 0.6) is 0 Å². The van der Waals surface area contributed by atoms with E-state index < -0.39 is 29.1 Å². The molecule has 9 heteroatoms. The molecule has 5 N–H and O–H groups in total. The molecule has 0 atom stereocenters. The van der Waals surface area contributed by atoms with Crippen LogP contribution >= 0.6 is 0 Å². The predicted molar refractivity (Wildman–Crippen MR) is 76.7 cm³/mol. The highest BCUT2D eigenvalue weighted by Crippen LogP contribution is 2.23. The fraction of sp³-hybridized carbons (Fsp3) is 0. The topological polar surface area (TPSA) is 137 Å². The van der Waals surface area contributed by atoms with Crippen LogP contribution in [0.3, 0.4) is 0 Å². The lowest BCUT2D eigenvalue weighted by Gasteiger charge is -2.12. The maximum Gasteiger partial charge on any atom is 0.262 e. The number of nitrogen functional groups attached to an aromatic ring is 1. The molecule has 3 amide bonds. The number of hydrogen-bond acceptors (Lipinski definition) is 5. The molecule has 0 spiro atoms. The Morgan fingerprint density at radius 1 is 1.09 bits per heavy atom. The summed E-state index contributed by atoms with van der Waals surface area (Å²) >= 11 is 0. The highest BCUT2D eigenvalue weighted by Gasteiger charge is 2.31. The molecule has 0 fully saturated rings. The van der Waals surface area contributed by atoms with Gasteiger partial charge in [0.15, 0.2) is 0 Å². The summed E-state index contributed by atoms with van der Waals surface area (Å²) in [6.07, 6.45) is 0. The van der Waals surface area contributed by atoms with E-state index in [9.17, 15) is 23.6 Å². The van der Waals surface area contributed by atoms with Crippen LogP contribution in [-0.4, -0.2) is 22.3 Å². The number of rotatable bonds is 2. The van der Waals surface area contributed by atoms with Crippen LogP contribution in [0, 0.1) is 5.82 Å². The number of nitrogens with zero attached hydrogens (tertiary/aromatic N) is 1. The van der Waals surface area contributed by atoms with E-state index in [2.05, 4.69) is 0 Å². The van der Waals surface area contributed by atoms with E-state index in [1.165, 1.54) is 0 Å². The number of carbonyl (C=O) groups is 3. The highest BCUT2D eigenvalue weighted by molar-refractivity contribution is 6.23. The van der Waals surface area contributed by atoms with Gasteiger partial charge < -0.3 is 11.5 Å². The molecule has 1 aliphatic heterocycles. The Morgan fingerprint density at radius 3 is 2.43 bits per heavy atom. The molecule has 116 valence electrons. The van der Waals surface area contributed by atoms with Crippen molar-refractivity contribution in [2.75, 3.05) is 5.73 Å². The maximum absolute atomic E-state index is 13.7. The Hall–Kier alpha value is -3.49. The number of amides is 3. The van der Waals surface area contributed by atoms with Gasteiger partial charge in [0.25, 0.3) is 17.4 Å². The van der Waals surface area contributed by atoms with Crippen molar-refractivity contribution in [3.05, 3.63) is 57.1 Å². The van der Waals surface area contributed by atoms with Crippen molar-refractivity contribution in [2.45, 2.75) is 0 Å². The fourth-order valence-corrected chi connectivity index (χ4v) is 2.39. The Balaban J connectivity index is 2.33. The molecule has 0 saturated heterocycles. The van der Waals surface area contributed by atoms with E-state index in [0.717, 1.165) is 28.8 Å². The van der Waals surface area contributed by atoms with E-state index in [1.54, 1.807) is 0 Å². The van der Waals surface area contributed by atoms with Crippen molar-refractivity contribution < 1.29 is 18.8 Å². The molecule has 8 nitrogen and oxygen atoms in total. The Labute approximate surface area is 127 Å². The molecule has 3 rings (SSSR count). The number of benzene rings is 1. The molecule has 1 aliphatic rings. The number of nitrogens with one attached hydrogen (secondary N) is 1. The summed E-state index contributed by atoms with van der Waals surface area (Å²) in [5, 5.41) is 2.01. The van der Waals surface area contributed by atoms with Gasteiger partial charge in [-0.2, -0.15) is 0 Å².